The maximum Gasteiger partial charge on any atom is 0.341 e. The number of ether oxygens (including phenoxy) is 1. The maximum absolute atomic E-state index is 12.7. The third kappa shape index (κ3) is 4.88. The Balaban J connectivity index is 1.85. The molecule has 2 aromatic heterocycles. The van der Waals surface area contributed by atoms with E-state index < -0.39 is 11.9 Å². The van der Waals surface area contributed by atoms with Gasteiger partial charge in [0.2, 0.25) is 5.91 Å². The van der Waals surface area contributed by atoms with Crippen LogP contribution in [-0.2, 0) is 22.5 Å². The molecule has 158 valence electrons. The fourth-order valence-corrected chi connectivity index (χ4v) is 4.22. The number of aromatic nitrogens is 2. The predicted octanol–water partition coefficient (Wildman–Crippen LogP) is 4.13. The highest BCUT2D eigenvalue weighted by Gasteiger charge is 2.22. The van der Waals surface area contributed by atoms with E-state index in [9.17, 15) is 14.4 Å². The number of benzene rings is 1. The first kappa shape index (κ1) is 22.0. The predicted molar refractivity (Wildman–Crippen MR) is 118 cm³/mol. The lowest BCUT2D eigenvalue weighted by Crippen LogP contribution is -2.28. The molecule has 3 aromatic rings. The summed E-state index contributed by atoms with van der Waals surface area (Å²) in [6.07, 6.45) is 2.01. The van der Waals surface area contributed by atoms with E-state index in [1.165, 1.54) is 28.3 Å². The van der Waals surface area contributed by atoms with Gasteiger partial charge >= 0.3 is 5.97 Å². The molecule has 0 unspecified atom stereocenters. The van der Waals surface area contributed by atoms with Crippen molar-refractivity contribution in [2.45, 2.75) is 33.7 Å². The third-order valence-corrected chi connectivity index (χ3v) is 5.51. The van der Waals surface area contributed by atoms with Gasteiger partial charge in [-0.25, -0.2) is 9.78 Å². The van der Waals surface area contributed by atoms with E-state index >= 15 is 0 Å². The van der Waals surface area contributed by atoms with Gasteiger partial charge in [-0.1, -0.05) is 25.4 Å². The van der Waals surface area contributed by atoms with Gasteiger partial charge in [0.15, 0.2) is 0 Å². The second-order valence-corrected chi connectivity index (χ2v) is 8.49. The largest absolute Gasteiger partial charge is 0.462 e. The summed E-state index contributed by atoms with van der Waals surface area (Å²) in [5.74, 6) is -0.571. The number of rotatable bonds is 7. The summed E-state index contributed by atoms with van der Waals surface area (Å²) in [4.78, 5) is 42.0. The van der Waals surface area contributed by atoms with Crippen LogP contribution in [0, 0.1) is 5.92 Å². The average molecular weight is 448 g/mol. The molecule has 2 heterocycles. The molecule has 3 rings (SSSR count). The molecule has 1 aromatic carbocycles. The lowest BCUT2D eigenvalue weighted by molar-refractivity contribution is -0.116. The van der Waals surface area contributed by atoms with Crippen molar-refractivity contribution >= 4 is 50.7 Å². The first-order valence-corrected chi connectivity index (χ1v) is 10.8. The Morgan fingerprint density at radius 3 is 2.80 bits per heavy atom. The van der Waals surface area contributed by atoms with Gasteiger partial charge in [0.25, 0.3) is 5.56 Å². The topological polar surface area (TPSA) is 90.3 Å². The lowest BCUT2D eigenvalue weighted by Gasteiger charge is -2.10. The molecule has 1 N–H and O–H groups in total. The molecule has 9 heteroatoms. The molecule has 30 heavy (non-hydrogen) atoms. The summed E-state index contributed by atoms with van der Waals surface area (Å²) in [5.41, 5.74) is 1.35. The number of nitrogens with zero attached hydrogens (tertiary/aromatic N) is 2. The Morgan fingerprint density at radius 2 is 2.10 bits per heavy atom. The van der Waals surface area contributed by atoms with Crippen molar-refractivity contribution in [1.29, 1.82) is 0 Å². The van der Waals surface area contributed by atoms with Crippen LogP contribution in [0.3, 0.4) is 0 Å². The smallest absolute Gasteiger partial charge is 0.341 e. The van der Waals surface area contributed by atoms with E-state index in [4.69, 9.17) is 16.3 Å². The molecule has 0 fully saturated rings. The number of fused-ring (bicyclic) bond motifs is 1. The number of anilines is 1. The van der Waals surface area contributed by atoms with Gasteiger partial charge in [0.05, 0.1) is 29.4 Å². The van der Waals surface area contributed by atoms with E-state index in [0.717, 1.165) is 5.56 Å². The number of amides is 1. The number of carbonyl (C=O) groups is 2. The molecule has 7 nitrogen and oxygen atoms in total. The molecular weight excluding hydrogens is 426 g/mol. The second-order valence-electron chi connectivity index (χ2n) is 7.17. The number of hydrogen-bond donors (Lipinski definition) is 1. The average Bonchev–Trinajstić information content (AvgIpc) is 3.06. The van der Waals surface area contributed by atoms with Gasteiger partial charge in [-0.2, -0.15) is 0 Å². The summed E-state index contributed by atoms with van der Waals surface area (Å²) >= 11 is 7.24. The van der Waals surface area contributed by atoms with Crippen molar-refractivity contribution in [1.82, 2.24) is 9.55 Å². The van der Waals surface area contributed by atoms with Crippen LogP contribution >= 0.6 is 22.9 Å². The minimum absolute atomic E-state index is 0.240. The van der Waals surface area contributed by atoms with Crippen LogP contribution in [-0.4, -0.2) is 28.0 Å². The number of thiophene rings is 1. The van der Waals surface area contributed by atoms with Crippen LogP contribution in [0.25, 0.3) is 10.9 Å². The van der Waals surface area contributed by atoms with Gasteiger partial charge < -0.3 is 10.1 Å². The molecular formula is C21H22ClN3O4S. The number of carbonyl (C=O) groups excluding carboxylic acids is 2. The highest BCUT2D eigenvalue weighted by molar-refractivity contribution is 7.15. The summed E-state index contributed by atoms with van der Waals surface area (Å²) in [6.45, 7) is 5.83. The van der Waals surface area contributed by atoms with Crippen molar-refractivity contribution in [3.8, 4) is 0 Å². The highest BCUT2D eigenvalue weighted by atomic mass is 35.5. The number of hydrogen-bond acceptors (Lipinski definition) is 6. The van der Waals surface area contributed by atoms with E-state index in [-0.39, 0.29) is 18.7 Å². The summed E-state index contributed by atoms with van der Waals surface area (Å²) in [7, 11) is 0. The number of nitrogens with one attached hydrogen (secondary N) is 1. The van der Waals surface area contributed by atoms with Gasteiger partial charge in [0.1, 0.15) is 11.5 Å². The second kappa shape index (κ2) is 9.40. The first-order chi connectivity index (χ1) is 14.3. The quantitative estimate of drug-likeness (QED) is 0.550. The van der Waals surface area contributed by atoms with Crippen LogP contribution in [0.2, 0.25) is 5.02 Å². The highest BCUT2D eigenvalue weighted by Crippen LogP contribution is 2.31. The maximum atomic E-state index is 12.7. The van der Waals surface area contributed by atoms with Crippen molar-refractivity contribution < 1.29 is 14.3 Å². The molecule has 1 amide bonds. The Bertz CT molecular complexity index is 1150. The van der Waals surface area contributed by atoms with Crippen molar-refractivity contribution in [3.05, 3.63) is 56.4 Å². The molecule has 0 aliphatic heterocycles. The Morgan fingerprint density at radius 1 is 1.33 bits per heavy atom. The van der Waals surface area contributed by atoms with Crippen LogP contribution in [0.1, 0.15) is 36.7 Å². The normalized spacial score (nSPS) is 11.1. The van der Waals surface area contributed by atoms with E-state index in [1.54, 1.807) is 19.1 Å². The van der Waals surface area contributed by atoms with Crippen LogP contribution in [0.4, 0.5) is 5.00 Å². The van der Waals surface area contributed by atoms with E-state index in [2.05, 4.69) is 24.1 Å². The Hall–Kier alpha value is -2.71. The minimum Gasteiger partial charge on any atom is -0.462 e. The number of halogens is 1. The molecule has 0 spiro atoms. The zero-order valence-corrected chi connectivity index (χ0v) is 18.5. The zero-order valence-electron chi connectivity index (χ0n) is 16.9. The monoisotopic (exact) mass is 447 g/mol. The molecule has 0 bridgehead atoms. The van der Waals surface area contributed by atoms with Gasteiger partial charge in [-0.3, -0.25) is 14.2 Å². The fourth-order valence-electron chi connectivity index (χ4n) is 3.07. The minimum atomic E-state index is -0.469. The standard InChI is InChI=1S/C21H22ClN3O4S/c1-4-29-21(28)18-13(7-12(2)3)10-30-19(18)24-17(26)9-25-11-23-16-6-5-14(22)8-15(16)20(25)27/h5-6,8,10-12H,4,7,9H2,1-3H3,(H,24,26). The molecule has 0 aliphatic carbocycles. The molecule has 0 aliphatic rings. The Kier molecular flexibility index (Phi) is 6.89. The Labute approximate surface area is 182 Å². The zero-order chi connectivity index (χ0) is 21.8. The van der Waals surface area contributed by atoms with Crippen molar-refractivity contribution in [3.63, 3.8) is 0 Å². The molecule has 0 saturated carbocycles. The van der Waals surface area contributed by atoms with Gasteiger partial charge in [-0.05, 0) is 48.4 Å². The summed E-state index contributed by atoms with van der Waals surface area (Å²) in [6, 6.07) is 4.82. The van der Waals surface area contributed by atoms with Crippen molar-refractivity contribution in [2.75, 3.05) is 11.9 Å². The summed E-state index contributed by atoms with van der Waals surface area (Å²) in [5, 5.41) is 5.76. The fraction of sp³-hybridized carbons (Fsp3) is 0.333. The SMILES string of the molecule is CCOC(=O)c1c(CC(C)C)csc1NC(=O)Cn1cnc2ccc(Cl)cc2c1=O. The number of esters is 1. The first-order valence-electron chi connectivity index (χ1n) is 9.52. The van der Waals surface area contributed by atoms with Gasteiger partial charge in [-0.15, -0.1) is 11.3 Å². The molecule has 0 atom stereocenters. The lowest BCUT2D eigenvalue weighted by atomic mass is 10.0. The third-order valence-electron chi connectivity index (χ3n) is 4.33. The molecule has 0 radical (unpaired) electrons. The van der Waals surface area contributed by atoms with Crippen LogP contribution < -0.4 is 10.9 Å². The van der Waals surface area contributed by atoms with E-state index in [1.807, 2.05) is 5.38 Å². The molecule has 0 saturated heterocycles. The van der Waals surface area contributed by atoms with Crippen molar-refractivity contribution in [2.24, 2.45) is 5.92 Å². The van der Waals surface area contributed by atoms with Crippen LogP contribution in [0.15, 0.2) is 34.7 Å². The van der Waals surface area contributed by atoms with Crippen LogP contribution in [0.5, 0.6) is 0 Å². The van der Waals surface area contributed by atoms with Gasteiger partial charge in [0, 0.05) is 5.02 Å². The van der Waals surface area contributed by atoms with E-state index in [0.29, 0.717) is 38.8 Å². The summed E-state index contributed by atoms with van der Waals surface area (Å²) < 4.78 is 6.38.